The van der Waals surface area contributed by atoms with Crippen LogP contribution in [0, 0.1) is 5.41 Å². The zero-order chi connectivity index (χ0) is 16.8. The van der Waals surface area contributed by atoms with Gasteiger partial charge in [-0.05, 0) is 49.3 Å². The number of carboxylic acids is 1. The van der Waals surface area contributed by atoms with Gasteiger partial charge in [0, 0.05) is 6.08 Å². The quantitative estimate of drug-likeness (QED) is 0.546. The van der Waals surface area contributed by atoms with E-state index in [1.165, 1.54) is 17.2 Å². The van der Waals surface area contributed by atoms with Crippen LogP contribution >= 0.6 is 0 Å². The summed E-state index contributed by atoms with van der Waals surface area (Å²) in [5.41, 5.74) is 4.71. The number of rotatable bonds is 5. The lowest BCUT2D eigenvalue weighted by molar-refractivity contribution is -0.131. The van der Waals surface area contributed by atoms with Crippen molar-refractivity contribution in [1.82, 2.24) is 0 Å². The van der Waals surface area contributed by atoms with Gasteiger partial charge in [-0.15, -0.1) is 0 Å². The lowest BCUT2D eigenvalue weighted by atomic mass is 9.75. The Kier molecular flexibility index (Phi) is 6.36. The fourth-order valence-electron chi connectivity index (χ4n) is 2.49. The second-order valence-electron chi connectivity index (χ2n) is 6.42. The van der Waals surface area contributed by atoms with Gasteiger partial charge in [0.15, 0.2) is 0 Å². The largest absolute Gasteiger partial charge is 0.478 e. The number of carboxylic acid groups (broad SMARTS) is 1. The number of allylic oxidation sites excluding steroid dienone is 11. The summed E-state index contributed by atoms with van der Waals surface area (Å²) in [5, 5.41) is 8.65. The molecule has 118 valence electrons. The molecular weight excluding hydrogens is 272 g/mol. The number of hydrogen-bond donors (Lipinski definition) is 1. The van der Waals surface area contributed by atoms with E-state index in [-0.39, 0.29) is 5.41 Å². The zero-order valence-corrected chi connectivity index (χ0v) is 14.2. The van der Waals surface area contributed by atoms with Crippen LogP contribution in [0.5, 0.6) is 0 Å². The summed E-state index contributed by atoms with van der Waals surface area (Å²) in [7, 11) is 0. The monoisotopic (exact) mass is 298 g/mol. The van der Waals surface area contributed by atoms with Gasteiger partial charge in [-0.3, -0.25) is 0 Å². The minimum atomic E-state index is -0.919. The van der Waals surface area contributed by atoms with Gasteiger partial charge >= 0.3 is 5.97 Å². The van der Waals surface area contributed by atoms with Crippen molar-refractivity contribution < 1.29 is 9.90 Å². The SMILES string of the molecule is CC1=C(/C=C/C(C)=C/C=C\C(C)=C/C(=O)O)C(C)(C)CC=C1. The van der Waals surface area contributed by atoms with Crippen molar-refractivity contribution in [3.63, 3.8) is 0 Å². The van der Waals surface area contributed by atoms with Crippen LogP contribution in [0.2, 0.25) is 0 Å². The number of aliphatic carboxylic acids is 1. The maximum absolute atomic E-state index is 10.5. The molecule has 0 atom stereocenters. The predicted molar refractivity (Wildman–Crippen MR) is 93.7 cm³/mol. The predicted octanol–water partition coefficient (Wildman–Crippen LogP) is 5.38. The van der Waals surface area contributed by atoms with Crippen molar-refractivity contribution in [2.24, 2.45) is 5.41 Å². The Morgan fingerprint density at radius 2 is 1.91 bits per heavy atom. The van der Waals surface area contributed by atoms with Crippen LogP contribution in [0.3, 0.4) is 0 Å². The summed E-state index contributed by atoms with van der Waals surface area (Å²) < 4.78 is 0. The van der Waals surface area contributed by atoms with E-state index in [1.54, 1.807) is 13.0 Å². The molecule has 0 radical (unpaired) electrons. The number of hydrogen-bond acceptors (Lipinski definition) is 1. The molecule has 1 N–H and O–H groups in total. The third-order valence-electron chi connectivity index (χ3n) is 3.73. The molecule has 0 aromatic rings. The molecule has 0 aromatic carbocycles. The molecule has 0 spiro atoms. The first-order chi connectivity index (χ1) is 10.2. The van der Waals surface area contributed by atoms with Crippen LogP contribution in [0.15, 0.2) is 70.9 Å². The van der Waals surface area contributed by atoms with E-state index >= 15 is 0 Å². The third kappa shape index (κ3) is 5.72. The van der Waals surface area contributed by atoms with Crippen LogP contribution in [0.1, 0.15) is 41.0 Å². The summed E-state index contributed by atoms with van der Waals surface area (Å²) in [6.45, 7) is 10.5. The molecule has 0 amide bonds. The van der Waals surface area contributed by atoms with Gasteiger partial charge < -0.3 is 5.11 Å². The lowest BCUT2D eigenvalue weighted by Gasteiger charge is -2.29. The Hall–Kier alpha value is -2.09. The summed E-state index contributed by atoms with van der Waals surface area (Å²) in [5.74, 6) is -0.919. The maximum Gasteiger partial charge on any atom is 0.328 e. The van der Waals surface area contributed by atoms with Gasteiger partial charge in [0.25, 0.3) is 0 Å². The average molecular weight is 298 g/mol. The maximum atomic E-state index is 10.5. The molecule has 0 aromatic heterocycles. The molecule has 0 bridgehead atoms. The first-order valence-corrected chi connectivity index (χ1v) is 7.54. The van der Waals surface area contributed by atoms with Gasteiger partial charge in [0.2, 0.25) is 0 Å². The van der Waals surface area contributed by atoms with Crippen molar-refractivity contribution in [3.05, 3.63) is 70.9 Å². The van der Waals surface area contributed by atoms with Gasteiger partial charge in [0.05, 0.1) is 0 Å². The molecule has 0 unspecified atom stereocenters. The average Bonchev–Trinajstić information content (AvgIpc) is 2.36. The minimum Gasteiger partial charge on any atom is -0.478 e. The van der Waals surface area contributed by atoms with Gasteiger partial charge in [-0.25, -0.2) is 4.79 Å². The number of carbonyl (C=O) groups is 1. The minimum absolute atomic E-state index is 0.173. The molecule has 0 fully saturated rings. The highest BCUT2D eigenvalue weighted by atomic mass is 16.4. The highest BCUT2D eigenvalue weighted by Crippen LogP contribution is 2.37. The first-order valence-electron chi connectivity index (χ1n) is 7.54. The second kappa shape index (κ2) is 7.79. The van der Waals surface area contributed by atoms with Crippen LogP contribution in [0.4, 0.5) is 0 Å². The molecular formula is C20H26O2. The van der Waals surface area contributed by atoms with E-state index in [1.807, 2.05) is 19.1 Å². The molecule has 0 saturated carbocycles. The summed E-state index contributed by atoms with van der Waals surface area (Å²) in [4.78, 5) is 10.5. The topological polar surface area (TPSA) is 37.3 Å². The van der Waals surface area contributed by atoms with E-state index in [0.717, 1.165) is 17.6 Å². The lowest BCUT2D eigenvalue weighted by Crippen LogP contribution is -2.16. The summed E-state index contributed by atoms with van der Waals surface area (Å²) in [6, 6.07) is 0. The molecule has 2 heteroatoms. The van der Waals surface area contributed by atoms with E-state index in [9.17, 15) is 4.79 Å². The van der Waals surface area contributed by atoms with Crippen molar-refractivity contribution in [1.29, 1.82) is 0 Å². The molecule has 0 aliphatic heterocycles. The Labute approximate surface area is 133 Å². The highest BCUT2D eigenvalue weighted by Gasteiger charge is 2.23. The normalized spacial score (nSPS) is 19.5. The molecule has 0 heterocycles. The third-order valence-corrected chi connectivity index (χ3v) is 3.73. The fourth-order valence-corrected chi connectivity index (χ4v) is 2.49. The Morgan fingerprint density at radius 3 is 2.50 bits per heavy atom. The highest BCUT2D eigenvalue weighted by molar-refractivity contribution is 5.81. The fraction of sp³-hybridized carbons (Fsp3) is 0.350. The standard InChI is InChI=1S/C20H26O2/c1-15(8-6-9-16(2)14-19(21)22)11-12-18-17(3)10-7-13-20(18,4)5/h6-12,14H,13H2,1-5H3,(H,21,22)/b9-6-,12-11+,15-8+,16-14-. The van der Waals surface area contributed by atoms with Crippen molar-refractivity contribution >= 4 is 5.97 Å². The molecule has 0 saturated heterocycles. The summed E-state index contributed by atoms with van der Waals surface area (Å²) >= 11 is 0. The van der Waals surface area contributed by atoms with Crippen LogP contribution < -0.4 is 0 Å². The van der Waals surface area contributed by atoms with Crippen molar-refractivity contribution in [2.45, 2.75) is 41.0 Å². The van der Waals surface area contributed by atoms with E-state index < -0.39 is 5.97 Å². The Bertz CT molecular complexity index is 606. The summed E-state index contributed by atoms with van der Waals surface area (Å²) in [6.07, 6.45) is 16.6. The van der Waals surface area contributed by atoms with Gasteiger partial charge in [0.1, 0.15) is 0 Å². The molecule has 22 heavy (non-hydrogen) atoms. The molecule has 1 aliphatic rings. The smallest absolute Gasteiger partial charge is 0.328 e. The van der Waals surface area contributed by atoms with Crippen molar-refractivity contribution in [3.8, 4) is 0 Å². The van der Waals surface area contributed by atoms with Crippen LogP contribution in [-0.2, 0) is 4.79 Å². The van der Waals surface area contributed by atoms with E-state index in [2.05, 4.69) is 45.1 Å². The second-order valence-corrected chi connectivity index (χ2v) is 6.42. The molecule has 1 rings (SSSR count). The van der Waals surface area contributed by atoms with Crippen LogP contribution in [-0.4, -0.2) is 11.1 Å². The van der Waals surface area contributed by atoms with Crippen molar-refractivity contribution in [2.75, 3.05) is 0 Å². The van der Waals surface area contributed by atoms with Crippen LogP contribution in [0.25, 0.3) is 0 Å². The Morgan fingerprint density at radius 1 is 1.23 bits per heavy atom. The van der Waals surface area contributed by atoms with E-state index in [4.69, 9.17) is 5.11 Å². The van der Waals surface area contributed by atoms with E-state index in [0.29, 0.717) is 0 Å². The molecule has 2 nitrogen and oxygen atoms in total. The zero-order valence-electron chi connectivity index (χ0n) is 14.2. The Balaban J connectivity index is 2.82. The molecule has 1 aliphatic carbocycles. The first kappa shape index (κ1) is 18.0. The van der Waals surface area contributed by atoms with Gasteiger partial charge in [-0.2, -0.15) is 0 Å². The van der Waals surface area contributed by atoms with Gasteiger partial charge in [-0.1, -0.05) is 62.0 Å².